The highest BCUT2D eigenvalue weighted by atomic mass is 15.3. The maximum absolute atomic E-state index is 4.87. The maximum atomic E-state index is 4.87. The van der Waals surface area contributed by atoms with Gasteiger partial charge in [-0.2, -0.15) is 0 Å². The summed E-state index contributed by atoms with van der Waals surface area (Å²) in [5, 5.41) is 3.68. The van der Waals surface area contributed by atoms with E-state index in [9.17, 15) is 0 Å². The molecule has 104 valence electrons. The second-order valence-electron chi connectivity index (χ2n) is 6.12. The zero-order chi connectivity index (χ0) is 13.5. The van der Waals surface area contributed by atoms with Crippen molar-refractivity contribution in [3.8, 4) is 0 Å². The Morgan fingerprint density at radius 3 is 3.10 bits per heavy atom. The van der Waals surface area contributed by atoms with Crippen molar-refractivity contribution in [1.29, 1.82) is 0 Å². The summed E-state index contributed by atoms with van der Waals surface area (Å²) >= 11 is 0. The van der Waals surface area contributed by atoms with Crippen molar-refractivity contribution in [2.45, 2.75) is 25.4 Å². The Labute approximate surface area is 120 Å². The van der Waals surface area contributed by atoms with E-state index in [1.165, 1.54) is 36.3 Å². The van der Waals surface area contributed by atoms with Gasteiger partial charge in [-0.1, -0.05) is 24.3 Å². The van der Waals surface area contributed by atoms with E-state index in [0.29, 0.717) is 18.0 Å². The van der Waals surface area contributed by atoms with Crippen LogP contribution in [0.3, 0.4) is 0 Å². The molecule has 0 bridgehead atoms. The molecule has 4 rings (SSSR count). The van der Waals surface area contributed by atoms with Crippen LogP contribution in [0, 0.1) is 11.8 Å². The van der Waals surface area contributed by atoms with Gasteiger partial charge < -0.3 is 10.2 Å². The van der Waals surface area contributed by atoms with Crippen molar-refractivity contribution in [1.82, 2.24) is 0 Å². The third kappa shape index (κ3) is 1.84. The number of hydrogen-bond donors (Lipinski definition) is 1. The van der Waals surface area contributed by atoms with Crippen molar-refractivity contribution < 1.29 is 0 Å². The average molecular weight is 267 g/mol. The molecule has 3 aliphatic rings. The van der Waals surface area contributed by atoms with E-state index in [1.54, 1.807) is 0 Å². The van der Waals surface area contributed by atoms with E-state index in [2.05, 4.69) is 53.7 Å². The third-order valence-corrected chi connectivity index (χ3v) is 4.90. The summed E-state index contributed by atoms with van der Waals surface area (Å²) in [5.74, 6) is 1.17. The first kappa shape index (κ1) is 12.0. The highest BCUT2D eigenvalue weighted by Crippen LogP contribution is 2.38. The van der Waals surface area contributed by atoms with Crippen LogP contribution < -0.4 is 10.2 Å². The Kier molecular flexibility index (Phi) is 2.79. The van der Waals surface area contributed by atoms with Crippen LogP contribution in [0.25, 0.3) is 0 Å². The zero-order valence-corrected chi connectivity index (χ0v) is 11.9. The molecule has 0 radical (unpaired) electrons. The van der Waals surface area contributed by atoms with Crippen LogP contribution >= 0.6 is 0 Å². The van der Waals surface area contributed by atoms with Crippen molar-refractivity contribution >= 4 is 17.1 Å². The smallest absolute Gasteiger partial charge is 0.103 e. The summed E-state index contributed by atoms with van der Waals surface area (Å²) < 4.78 is 0. The molecule has 20 heavy (non-hydrogen) atoms. The first-order valence-electron chi connectivity index (χ1n) is 7.61. The predicted molar refractivity (Wildman–Crippen MR) is 84.5 cm³/mol. The molecule has 2 heterocycles. The molecule has 3 nitrogen and oxygen atoms in total. The molecule has 0 fully saturated rings. The molecule has 3 unspecified atom stereocenters. The molecule has 1 aromatic rings. The molecule has 1 aliphatic carbocycles. The second kappa shape index (κ2) is 4.65. The minimum absolute atomic E-state index is 0.382. The lowest BCUT2D eigenvalue weighted by atomic mass is 9.81. The summed E-state index contributed by atoms with van der Waals surface area (Å²) in [5.41, 5.74) is 4.00. The number of nitrogens with one attached hydrogen (secondary N) is 1. The van der Waals surface area contributed by atoms with Crippen LogP contribution in [0.5, 0.6) is 0 Å². The third-order valence-electron chi connectivity index (χ3n) is 4.90. The maximum Gasteiger partial charge on any atom is 0.103 e. The average Bonchev–Trinajstić information content (AvgIpc) is 2.84. The van der Waals surface area contributed by atoms with E-state index < -0.39 is 0 Å². The molecular weight excluding hydrogens is 246 g/mol. The Balaban J connectivity index is 1.56. The number of anilines is 2. The van der Waals surface area contributed by atoms with Gasteiger partial charge in [-0.15, -0.1) is 0 Å². The fourth-order valence-electron chi connectivity index (χ4n) is 3.81. The largest absolute Gasteiger partial charge is 0.363 e. The molecule has 0 saturated heterocycles. The number of hydrogen-bond acceptors (Lipinski definition) is 3. The molecular formula is C17H21N3. The second-order valence-corrected chi connectivity index (χ2v) is 6.12. The van der Waals surface area contributed by atoms with Gasteiger partial charge in [0.05, 0.1) is 11.4 Å². The lowest BCUT2D eigenvalue weighted by molar-refractivity contribution is 0.389. The molecule has 1 N–H and O–H groups in total. The number of allylic oxidation sites excluding steroid dienone is 2. The molecule has 0 spiro atoms. The van der Waals surface area contributed by atoms with Crippen LogP contribution in [-0.4, -0.2) is 25.5 Å². The zero-order valence-electron chi connectivity index (χ0n) is 11.9. The minimum atomic E-state index is 0.382. The van der Waals surface area contributed by atoms with E-state index in [-0.39, 0.29) is 0 Å². The van der Waals surface area contributed by atoms with Gasteiger partial charge in [0, 0.05) is 31.1 Å². The van der Waals surface area contributed by atoms with Gasteiger partial charge in [0.1, 0.15) is 6.17 Å². The molecule has 2 aliphatic heterocycles. The number of benzene rings is 1. The highest BCUT2D eigenvalue weighted by Gasteiger charge is 2.36. The fourth-order valence-corrected chi connectivity index (χ4v) is 3.81. The quantitative estimate of drug-likeness (QED) is 0.791. The number of para-hydroxylation sites is 2. The van der Waals surface area contributed by atoms with Crippen LogP contribution in [0.2, 0.25) is 0 Å². The molecule has 0 saturated carbocycles. The van der Waals surface area contributed by atoms with Crippen LogP contribution in [-0.2, 0) is 0 Å². The summed E-state index contributed by atoms with van der Waals surface area (Å²) in [7, 11) is 2.19. The van der Waals surface area contributed by atoms with E-state index in [0.717, 1.165) is 6.54 Å². The number of rotatable bonds is 1. The van der Waals surface area contributed by atoms with E-state index >= 15 is 0 Å². The lowest BCUT2D eigenvalue weighted by Gasteiger charge is -2.35. The van der Waals surface area contributed by atoms with Crippen molar-refractivity contribution in [3.05, 3.63) is 36.4 Å². The number of nitrogens with zero attached hydrogens (tertiary/aromatic N) is 2. The molecule has 1 aromatic carbocycles. The van der Waals surface area contributed by atoms with Crippen molar-refractivity contribution in [2.24, 2.45) is 16.8 Å². The molecule has 0 aromatic heterocycles. The predicted octanol–water partition coefficient (Wildman–Crippen LogP) is 3.30. The van der Waals surface area contributed by atoms with Gasteiger partial charge in [-0.05, 0) is 31.4 Å². The first-order chi connectivity index (χ1) is 9.83. The Hall–Kier alpha value is -1.77. The topological polar surface area (TPSA) is 27.6 Å². The van der Waals surface area contributed by atoms with Gasteiger partial charge in [0.25, 0.3) is 0 Å². The van der Waals surface area contributed by atoms with Crippen LogP contribution in [0.4, 0.5) is 11.4 Å². The minimum Gasteiger partial charge on any atom is -0.363 e. The number of aliphatic imine (C=N–C) groups is 1. The van der Waals surface area contributed by atoms with Gasteiger partial charge in [0.2, 0.25) is 0 Å². The molecule has 3 atom stereocenters. The van der Waals surface area contributed by atoms with Gasteiger partial charge in [-0.3, -0.25) is 4.99 Å². The van der Waals surface area contributed by atoms with E-state index in [4.69, 9.17) is 4.99 Å². The van der Waals surface area contributed by atoms with Crippen LogP contribution in [0.15, 0.2) is 41.4 Å². The lowest BCUT2D eigenvalue weighted by Crippen LogP contribution is -2.44. The van der Waals surface area contributed by atoms with Crippen molar-refractivity contribution in [2.75, 3.05) is 23.8 Å². The normalized spacial score (nSPS) is 31.4. The number of fused-ring (bicyclic) bond motifs is 2. The van der Waals surface area contributed by atoms with Crippen molar-refractivity contribution in [3.63, 3.8) is 0 Å². The van der Waals surface area contributed by atoms with Crippen LogP contribution in [0.1, 0.15) is 19.3 Å². The first-order valence-corrected chi connectivity index (χ1v) is 7.61. The molecule has 3 heteroatoms. The molecule has 0 amide bonds. The van der Waals surface area contributed by atoms with E-state index in [1.807, 2.05) is 0 Å². The fraction of sp³-hybridized carbons (Fsp3) is 0.471. The Bertz CT molecular complexity index is 575. The van der Waals surface area contributed by atoms with Gasteiger partial charge >= 0.3 is 0 Å². The highest BCUT2D eigenvalue weighted by molar-refractivity contribution is 5.90. The summed E-state index contributed by atoms with van der Waals surface area (Å²) in [4.78, 5) is 7.26. The standard InChI is InChI=1S/C17H21N3/c1-20-16-9-5-4-8-15(16)19-17(20)13-10-12-6-2-3-7-14(12)18-11-13/h2,4-6,8-9,12-13,17,19H,3,7,10-11H2,1H3. The Morgan fingerprint density at radius 2 is 2.20 bits per heavy atom. The van der Waals surface area contributed by atoms with Gasteiger partial charge in [0.15, 0.2) is 0 Å². The summed E-state index contributed by atoms with van der Waals surface area (Å²) in [6, 6.07) is 8.58. The summed E-state index contributed by atoms with van der Waals surface area (Å²) in [6.45, 7) is 0.968. The monoisotopic (exact) mass is 267 g/mol. The summed E-state index contributed by atoms with van der Waals surface area (Å²) in [6.07, 6.45) is 8.65. The Morgan fingerprint density at radius 1 is 1.30 bits per heavy atom. The van der Waals surface area contributed by atoms with Gasteiger partial charge in [-0.25, -0.2) is 0 Å². The SMILES string of the molecule is CN1c2ccccc2NC1C1CN=C2CCC=CC2C1.